The van der Waals surface area contributed by atoms with Gasteiger partial charge in [-0.1, -0.05) is 0 Å². The average Bonchev–Trinajstić information content (AvgIpc) is 3.02. The Morgan fingerprint density at radius 2 is 2.04 bits per heavy atom. The third-order valence-electron chi connectivity index (χ3n) is 3.46. The summed E-state index contributed by atoms with van der Waals surface area (Å²) in [5.41, 5.74) is 2.99. The van der Waals surface area contributed by atoms with Crippen LogP contribution in [0.3, 0.4) is 0 Å². The van der Waals surface area contributed by atoms with Crippen LogP contribution in [0.15, 0.2) is 36.7 Å². The highest BCUT2D eigenvalue weighted by atomic mass is 16.4. The lowest BCUT2D eigenvalue weighted by Gasteiger charge is -2.11. The Labute approximate surface area is 137 Å². The molecule has 0 bridgehead atoms. The summed E-state index contributed by atoms with van der Waals surface area (Å²) in [6, 6.07) is 10.9. The van der Waals surface area contributed by atoms with Gasteiger partial charge in [0.15, 0.2) is 0 Å². The molecule has 0 unspecified atom stereocenters. The van der Waals surface area contributed by atoms with Crippen molar-refractivity contribution in [1.82, 2.24) is 14.6 Å². The third kappa shape index (κ3) is 2.77. The zero-order chi connectivity index (χ0) is 17.1. The van der Waals surface area contributed by atoms with Gasteiger partial charge in [0.1, 0.15) is 12.6 Å². The number of nitrogens with zero attached hydrogens (tertiary/aromatic N) is 5. The summed E-state index contributed by atoms with van der Waals surface area (Å²) < 4.78 is 1.63. The predicted octanol–water partition coefficient (Wildman–Crippen LogP) is -0.117. The van der Waals surface area contributed by atoms with Gasteiger partial charge in [-0.3, -0.25) is 4.98 Å². The molecular weight excluding hydrogens is 307 g/mol. The van der Waals surface area contributed by atoms with E-state index in [9.17, 15) is 10.0 Å². The van der Waals surface area contributed by atoms with E-state index in [1.54, 1.807) is 22.7 Å². The summed E-state index contributed by atoms with van der Waals surface area (Å²) in [7, 11) is -1.70. The van der Waals surface area contributed by atoms with Crippen molar-refractivity contribution in [2.24, 2.45) is 0 Å². The molecule has 0 amide bonds. The van der Waals surface area contributed by atoms with Gasteiger partial charge in [-0.2, -0.15) is 15.6 Å². The molecule has 24 heavy (non-hydrogen) atoms. The number of hydrogen-bond acceptors (Lipinski definition) is 7. The van der Waals surface area contributed by atoms with Crippen LogP contribution >= 0.6 is 0 Å². The molecule has 0 saturated heterocycles. The quantitative estimate of drug-likeness (QED) is 0.451. The van der Waals surface area contributed by atoms with E-state index in [1.165, 1.54) is 12.4 Å². The van der Waals surface area contributed by atoms with Crippen LogP contribution in [0.2, 0.25) is 0 Å². The molecule has 9 heteroatoms. The maximum Gasteiger partial charge on any atom is 0.492 e. The first-order valence-electron chi connectivity index (χ1n) is 6.99. The van der Waals surface area contributed by atoms with Gasteiger partial charge in [0, 0.05) is 17.3 Å². The van der Waals surface area contributed by atoms with E-state index in [4.69, 9.17) is 10.5 Å². The number of nitriles is 2. The SMILES string of the molecule is N#CCNc1cc(-c2ccc3cc(C#N)cnn23)ncc1B(O)O. The number of nitrogens with one attached hydrogen (secondary N) is 1. The van der Waals surface area contributed by atoms with Crippen LogP contribution in [0.5, 0.6) is 0 Å². The van der Waals surface area contributed by atoms with Crippen LogP contribution < -0.4 is 10.8 Å². The van der Waals surface area contributed by atoms with Gasteiger partial charge in [-0.25, -0.2) is 4.52 Å². The summed E-state index contributed by atoms with van der Waals surface area (Å²) in [6.45, 7) is 0.0157. The summed E-state index contributed by atoms with van der Waals surface area (Å²) in [6.07, 6.45) is 2.79. The summed E-state index contributed by atoms with van der Waals surface area (Å²) in [4.78, 5) is 4.24. The van der Waals surface area contributed by atoms with Crippen molar-refractivity contribution in [3.8, 4) is 23.5 Å². The number of fused-ring (bicyclic) bond motifs is 1. The first kappa shape index (κ1) is 15.5. The van der Waals surface area contributed by atoms with Crippen molar-refractivity contribution >= 4 is 23.8 Å². The lowest BCUT2D eigenvalue weighted by Crippen LogP contribution is -2.33. The molecule has 0 aliphatic carbocycles. The Morgan fingerprint density at radius 1 is 1.21 bits per heavy atom. The van der Waals surface area contributed by atoms with E-state index >= 15 is 0 Å². The van der Waals surface area contributed by atoms with Gasteiger partial charge in [-0.05, 0) is 24.3 Å². The maximum atomic E-state index is 9.40. The van der Waals surface area contributed by atoms with Crippen LogP contribution in [0.25, 0.3) is 16.9 Å². The van der Waals surface area contributed by atoms with Crippen molar-refractivity contribution in [1.29, 1.82) is 10.5 Å². The van der Waals surface area contributed by atoms with Crippen LogP contribution in [-0.4, -0.2) is 38.3 Å². The predicted molar refractivity (Wildman–Crippen MR) is 87.1 cm³/mol. The highest BCUT2D eigenvalue weighted by molar-refractivity contribution is 6.60. The Balaban J connectivity index is 2.09. The number of anilines is 1. The Morgan fingerprint density at radius 3 is 2.75 bits per heavy atom. The summed E-state index contributed by atoms with van der Waals surface area (Å²) in [5, 5.41) is 43.5. The number of aromatic nitrogens is 3. The molecule has 0 spiro atoms. The van der Waals surface area contributed by atoms with Crippen molar-refractivity contribution in [3.63, 3.8) is 0 Å². The lowest BCUT2D eigenvalue weighted by molar-refractivity contribution is 0.426. The van der Waals surface area contributed by atoms with E-state index in [0.717, 1.165) is 5.52 Å². The molecule has 0 radical (unpaired) electrons. The Hall–Kier alpha value is -3.40. The fraction of sp³-hybridized carbons (Fsp3) is 0.0667. The molecule has 0 fully saturated rings. The van der Waals surface area contributed by atoms with Gasteiger partial charge >= 0.3 is 7.12 Å². The van der Waals surface area contributed by atoms with Gasteiger partial charge in [0.25, 0.3) is 0 Å². The Kier molecular flexibility index (Phi) is 4.12. The van der Waals surface area contributed by atoms with E-state index in [2.05, 4.69) is 15.4 Å². The minimum absolute atomic E-state index is 0.0157. The van der Waals surface area contributed by atoms with Gasteiger partial charge < -0.3 is 15.4 Å². The normalized spacial score (nSPS) is 10.2. The van der Waals surface area contributed by atoms with Crippen LogP contribution in [0, 0.1) is 22.7 Å². The zero-order valence-electron chi connectivity index (χ0n) is 12.4. The molecule has 8 nitrogen and oxygen atoms in total. The highest BCUT2D eigenvalue weighted by Crippen LogP contribution is 2.22. The van der Waals surface area contributed by atoms with E-state index in [1.807, 2.05) is 18.2 Å². The molecule has 3 N–H and O–H groups in total. The van der Waals surface area contributed by atoms with E-state index in [-0.39, 0.29) is 12.0 Å². The molecule has 0 aromatic carbocycles. The van der Waals surface area contributed by atoms with Crippen molar-refractivity contribution < 1.29 is 10.0 Å². The molecule has 0 aliphatic rings. The Bertz CT molecular complexity index is 986. The number of rotatable bonds is 4. The molecular formula is C15H11BN6O2. The maximum absolute atomic E-state index is 9.40. The summed E-state index contributed by atoms with van der Waals surface area (Å²) >= 11 is 0. The topological polar surface area (TPSA) is 130 Å². The fourth-order valence-corrected chi connectivity index (χ4v) is 2.35. The van der Waals surface area contributed by atoms with Crippen molar-refractivity contribution in [3.05, 3.63) is 42.2 Å². The van der Waals surface area contributed by atoms with Gasteiger partial charge in [0.2, 0.25) is 0 Å². The first-order valence-corrected chi connectivity index (χ1v) is 6.99. The molecule has 0 aliphatic heterocycles. The van der Waals surface area contributed by atoms with Crippen LogP contribution in [0.4, 0.5) is 5.69 Å². The molecule has 3 aromatic heterocycles. The third-order valence-corrected chi connectivity index (χ3v) is 3.46. The minimum atomic E-state index is -1.70. The van der Waals surface area contributed by atoms with Gasteiger partial charge in [0.05, 0.1) is 34.7 Å². The highest BCUT2D eigenvalue weighted by Gasteiger charge is 2.18. The second kappa shape index (κ2) is 6.38. The van der Waals surface area contributed by atoms with Crippen molar-refractivity contribution in [2.45, 2.75) is 0 Å². The fourth-order valence-electron chi connectivity index (χ4n) is 2.35. The number of hydrogen-bond donors (Lipinski definition) is 3. The number of pyridine rings is 1. The molecule has 0 saturated carbocycles. The monoisotopic (exact) mass is 318 g/mol. The van der Waals surface area contributed by atoms with E-state index < -0.39 is 7.12 Å². The lowest BCUT2D eigenvalue weighted by atomic mass is 9.80. The van der Waals surface area contributed by atoms with Gasteiger partial charge in [-0.15, -0.1) is 0 Å². The molecule has 3 heterocycles. The zero-order valence-corrected chi connectivity index (χ0v) is 12.4. The van der Waals surface area contributed by atoms with Crippen molar-refractivity contribution in [2.75, 3.05) is 11.9 Å². The first-order chi connectivity index (χ1) is 11.6. The van der Waals surface area contributed by atoms with Crippen LogP contribution in [0.1, 0.15) is 5.56 Å². The standard InChI is InChI=1S/C15H11BN6O2/c17-3-4-19-13-6-14(20-9-12(13)16(23)24)15-2-1-11-5-10(7-18)8-21-22(11)15/h1-2,5-6,8-9,23-24H,4H2,(H,19,20). The van der Waals surface area contributed by atoms with E-state index in [0.29, 0.717) is 22.6 Å². The minimum Gasteiger partial charge on any atom is -0.423 e. The average molecular weight is 318 g/mol. The van der Waals surface area contributed by atoms with Crippen LogP contribution in [-0.2, 0) is 0 Å². The molecule has 3 aromatic rings. The molecule has 116 valence electrons. The summed E-state index contributed by atoms with van der Waals surface area (Å²) in [5.74, 6) is 0. The second-order valence-electron chi connectivity index (χ2n) is 4.95. The smallest absolute Gasteiger partial charge is 0.423 e. The molecule has 0 atom stereocenters. The largest absolute Gasteiger partial charge is 0.492 e. The second-order valence-corrected chi connectivity index (χ2v) is 4.95. The molecule has 3 rings (SSSR count).